The van der Waals surface area contributed by atoms with Gasteiger partial charge in [-0.05, 0) is 46.3 Å². The van der Waals surface area contributed by atoms with Crippen LogP contribution < -0.4 is 14.8 Å². The fraction of sp³-hybridized carbons (Fsp3) is 0.118. The zero-order valence-corrected chi connectivity index (χ0v) is 13.7. The van der Waals surface area contributed by atoms with Crippen LogP contribution in [-0.4, -0.2) is 20.1 Å². The lowest BCUT2D eigenvalue weighted by Gasteiger charge is -2.08. The molecular formula is C17H14BrNO3. The van der Waals surface area contributed by atoms with E-state index < -0.39 is 0 Å². The van der Waals surface area contributed by atoms with Gasteiger partial charge in [-0.3, -0.25) is 4.79 Å². The Morgan fingerprint density at radius 2 is 1.95 bits per heavy atom. The Labute approximate surface area is 136 Å². The monoisotopic (exact) mass is 359 g/mol. The number of methoxy groups -OCH3 is 2. The highest BCUT2D eigenvalue weighted by Gasteiger charge is 2.26. The Kier molecular flexibility index (Phi) is 3.90. The van der Waals surface area contributed by atoms with Crippen LogP contribution >= 0.6 is 15.9 Å². The minimum atomic E-state index is -0.133. The Hall–Kier alpha value is -2.27. The van der Waals surface area contributed by atoms with Crippen molar-refractivity contribution in [1.29, 1.82) is 0 Å². The summed E-state index contributed by atoms with van der Waals surface area (Å²) in [5.74, 6) is 1.26. The van der Waals surface area contributed by atoms with Gasteiger partial charge in [-0.25, -0.2) is 0 Å². The molecule has 0 saturated heterocycles. The molecule has 0 saturated carbocycles. The molecule has 0 radical (unpaired) electrons. The summed E-state index contributed by atoms with van der Waals surface area (Å²) in [7, 11) is 3.20. The number of nitrogens with one attached hydrogen (secondary N) is 1. The van der Waals surface area contributed by atoms with Gasteiger partial charge in [0.2, 0.25) is 0 Å². The normalized spacial score (nSPS) is 14.7. The van der Waals surface area contributed by atoms with Crippen molar-refractivity contribution in [3.8, 4) is 11.5 Å². The number of carbonyl (C=O) groups is 1. The average molecular weight is 360 g/mol. The lowest BCUT2D eigenvalue weighted by Crippen LogP contribution is -2.04. The van der Waals surface area contributed by atoms with Gasteiger partial charge in [0.05, 0.1) is 19.9 Å². The molecule has 0 aliphatic carbocycles. The van der Waals surface area contributed by atoms with Gasteiger partial charge in [0, 0.05) is 21.2 Å². The van der Waals surface area contributed by atoms with Crippen molar-refractivity contribution < 1.29 is 14.3 Å². The van der Waals surface area contributed by atoms with Crippen LogP contribution in [0.5, 0.6) is 11.5 Å². The zero-order chi connectivity index (χ0) is 15.7. The van der Waals surface area contributed by atoms with E-state index >= 15 is 0 Å². The highest BCUT2D eigenvalue weighted by Crippen LogP contribution is 2.39. The fourth-order valence-electron chi connectivity index (χ4n) is 2.43. The van der Waals surface area contributed by atoms with Gasteiger partial charge in [0.15, 0.2) is 0 Å². The first-order chi connectivity index (χ1) is 10.6. The second-order valence-corrected chi connectivity index (χ2v) is 5.64. The number of anilines is 1. The Morgan fingerprint density at radius 3 is 2.68 bits per heavy atom. The predicted molar refractivity (Wildman–Crippen MR) is 90.2 cm³/mol. The first-order valence-electron chi connectivity index (χ1n) is 6.68. The third-order valence-corrected chi connectivity index (χ3v) is 4.18. The summed E-state index contributed by atoms with van der Waals surface area (Å²) in [5.41, 5.74) is 3.05. The number of carbonyl (C=O) groups excluding carboxylic acids is 1. The number of benzene rings is 2. The van der Waals surface area contributed by atoms with E-state index in [1.54, 1.807) is 14.2 Å². The van der Waals surface area contributed by atoms with E-state index in [0.717, 1.165) is 21.3 Å². The number of para-hydroxylation sites is 1. The van der Waals surface area contributed by atoms with Crippen molar-refractivity contribution in [2.24, 2.45) is 0 Å². The predicted octanol–water partition coefficient (Wildman–Crippen LogP) is 3.96. The van der Waals surface area contributed by atoms with Crippen molar-refractivity contribution in [3.05, 3.63) is 52.0 Å². The number of rotatable bonds is 3. The standard InChI is InChI=1S/C17H14BrNO3/c1-21-11-6-7-15(22-2)10(8-11)9-13-12-4-3-5-14(18)16(12)19-17(13)20/h3-9H,1-2H3,(H,19,20)/b13-9+. The summed E-state index contributed by atoms with van der Waals surface area (Å²) >= 11 is 3.45. The van der Waals surface area contributed by atoms with Crippen molar-refractivity contribution in [2.75, 3.05) is 19.5 Å². The second kappa shape index (κ2) is 5.85. The van der Waals surface area contributed by atoms with Gasteiger partial charge < -0.3 is 14.8 Å². The summed E-state index contributed by atoms with van der Waals surface area (Å²) in [4.78, 5) is 12.3. The molecule has 2 aromatic rings. The molecule has 112 valence electrons. The van der Waals surface area contributed by atoms with Crippen molar-refractivity contribution in [3.63, 3.8) is 0 Å². The quantitative estimate of drug-likeness (QED) is 0.843. The first kappa shape index (κ1) is 14.7. The highest BCUT2D eigenvalue weighted by atomic mass is 79.9. The maximum Gasteiger partial charge on any atom is 0.256 e. The maximum absolute atomic E-state index is 12.3. The van der Waals surface area contributed by atoms with E-state index in [2.05, 4.69) is 21.2 Å². The van der Waals surface area contributed by atoms with Gasteiger partial charge >= 0.3 is 0 Å². The van der Waals surface area contributed by atoms with Crippen LogP contribution in [0.4, 0.5) is 5.69 Å². The van der Waals surface area contributed by atoms with Crippen LogP contribution in [0.15, 0.2) is 40.9 Å². The molecule has 0 fully saturated rings. The lowest BCUT2D eigenvalue weighted by molar-refractivity contribution is -0.110. The minimum Gasteiger partial charge on any atom is -0.497 e. The third kappa shape index (κ3) is 2.48. The van der Waals surface area contributed by atoms with Crippen LogP contribution in [0.3, 0.4) is 0 Å². The number of hydrogen-bond acceptors (Lipinski definition) is 3. The van der Waals surface area contributed by atoms with Gasteiger partial charge in [-0.2, -0.15) is 0 Å². The molecule has 1 heterocycles. The first-order valence-corrected chi connectivity index (χ1v) is 7.47. The largest absolute Gasteiger partial charge is 0.497 e. The molecular weight excluding hydrogens is 346 g/mol. The average Bonchev–Trinajstić information content (AvgIpc) is 2.85. The van der Waals surface area contributed by atoms with E-state index in [1.165, 1.54) is 0 Å². The second-order valence-electron chi connectivity index (χ2n) is 4.78. The van der Waals surface area contributed by atoms with E-state index in [4.69, 9.17) is 9.47 Å². The minimum absolute atomic E-state index is 0.133. The molecule has 1 amide bonds. The number of halogens is 1. The van der Waals surface area contributed by atoms with E-state index in [0.29, 0.717) is 17.1 Å². The molecule has 0 spiro atoms. The summed E-state index contributed by atoms with van der Waals surface area (Å²) < 4.78 is 11.5. The summed E-state index contributed by atoms with van der Waals surface area (Å²) in [6.45, 7) is 0. The van der Waals surface area contributed by atoms with Crippen LogP contribution in [0.2, 0.25) is 0 Å². The molecule has 4 nitrogen and oxygen atoms in total. The number of amides is 1. The molecule has 2 aromatic carbocycles. The van der Waals surface area contributed by atoms with E-state index in [1.807, 2.05) is 42.5 Å². The maximum atomic E-state index is 12.3. The smallest absolute Gasteiger partial charge is 0.256 e. The van der Waals surface area contributed by atoms with E-state index in [-0.39, 0.29) is 5.91 Å². The number of ether oxygens (including phenoxy) is 2. The fourth-order valence-corrected chi connectivity index (χ4v) is 2.90. The number of hydrogen-bond donors (Lipinski definition) is 1. The Morgan fingerprint density at radius 1 is 1.14 bits per heavy atom. The third-order valence-electron chi connectivity index (χ3n) is 3.52. The molecule has 5 heteroatoms. The van der Waals surface area contributed by atoms with Crippen LogP contribution in [0.25, 0.3) is 11.6 Å². The van der Waals surface area contributed by atoms with Crippen molar-refractivity contribution in [2.45, 2.75) is 0 Å². The van der Waals surface area contributed by atoms with Crippen LogP contribution in [0, 0.1) is 0 Å². The Balaban J connectivity index is 2.14. The lowest BCUT2D eigenvalue weighted by atomic mass is 10.0. The van der Waals surface area contributed by atoms with Gasteiger partial charge in [-0.15, -0.1) is 0 Å². The summed E-state index contributed by atoms with van der Waals surface area (Å²) in [6.07, 6.45) is 1.81. The van der Waals surface area contributed by atoms with Crippen molar-refractivity contribution in [1.82, 2.24) is 0 Å². The topological polar surface area (TPSA) is 47.6 Å². The van der Waals surface area contributed by atoms with Crippen molar-refractivity contribution >= 4 is 39.2 Å². The Bertz CT molecular complexity index is 783. The molecule has 0 aromatic heterocycles. The summed E-state index contributed by atoms with van der Waals surface area (Å²) in [6, 6.07) is 11.2. The molecule has 1 aliphatic rings. The van der Waals surface area contributed by atoms with Gasteiger partial charge in [0.25, 0.3) is 5.91 Å². The van der Waals surface area contributed by atoms with Gasteiger partial charge in [0.1, 0.15) is 11.5 Å². The number of fused-ring (bicyclic) bond motifs is 1. The SMILES string of the molecule is COc1ccc(OC)c(/C=C2/C(=O)Nc3c(Br)cccc32)c1. The molecule has 1 aliphatic heterocycles. The molecule has 0 bridgehead atoms. The molecule has 1 N–H and O–H groups in total. The molecule has 0 unspecified atom stereocenters. The molecule has 22 heavy (non-hydrogen) atoms. The molecule has 0 atom stereocenters. The van der Waals surface area contributed by atoms with Crippen LogP contribution in [0.1, 0.15) is 11.1 Å². The van der Waals surface area contributed by atoms with Gasteiger partial charge in [-0.1, -0.05) is 12.1 Å². The summed E-state index contributed by atoms with van der Waals surface area (Å²) in [5, 5.41) is 2.88. The highest BCUT2D eigenvalue weighted by molar-refractivity contribution is 9.10. The molecule has 3 rings (SSSR count). The van der Waals surface area contributed by atoms with Crippen LogP contribution in [-0.2, 0) is 4.79 Å². The van der Waals surface area contributed by atoms with E-state index in [9.17, 15) is 4.79 Å². The zero-order valence-electron chi connectivity index (χ0n) is 12.1.